The summed E-state index contributed by atoms with van der Waals surface area (Å²) in [6, 6.07) is 0. The van der Waals surface area contributed by atoms with Crippen molar-refractivity contribution in [2.75, 3.05) is 12.3 Å². The maximum Gasteiger partial charge on any atom is 0.263 e. The number of rotatable bonds is 2. The van der Waals surface area contributed by atoms with E-state index in [1.807, 2.05) is 0 Å². The van der Waals surface area contributed by atoms with Crippen LogP contribution in [0.5, 0.6) is 0 Å². The topological polar surface area (TPSA) is 139 Å². The Morgan fingerprint density at radius 2 is 2.42 bits per heavy atom. The predicted octanol–water partition coefficient (Wildman–Crippen LogP) is -1.66. The number of nitrogens with zero attached hydrogens (tertiary/aromatic N) is 3. The third-order valence-electron chi connectivity index (χ3n) is 3.14. The summed E-state index contributed by atoms with van der Waals surface area (Å²) in [7, 11) is 0. The Bertz CT molecular complexity index is 665. The Hall–Kier alpha value is -1.97. The standard InChI is InChI=1S/C10H13N5O4/c11-10-13-8-4(9(18)14-10)2-12-15(8)7-1-5(17)6(3-16)19-7/h2,5-7,16-17H,1,3H2,(H3,11,13,14,18)/t5?,6-,7-/m1/s1. The molecular formula is C10H13N5O4. The number of fused-ring (bicyclic) bond motifs is 1. The van der Waals surface area contributed by atoms with Gasteiger partial charge in [0.25, 0.3) is 5.56 Å². The van der Waals surface area contributed by atoms with E-state index in [1.54, 1.807) is 0 Å². The molecule has 9 nitrogen and oxygen atoms in total. The molecule has 0 saturated carbocycles. The minimum Gasteiger partial charge on any atom is -0.394 e. The molecule has 3 rings (SSSR count). The molecule has 0 amide bonds. The van der Waals surface area contributed by atoms with Crippen molar-refractivity contribution >= 4 is 17.0 Å². The number of hydrogen-bond acceptors (Lipinski definition) is 7. The van der Waals surface area contributed by atoms with E-state index >= 15 is 0 Å². The Morgan fingerprint density at radius 3 is 3.11 bits per heavy atom. The zero-order chi connectivity index (χ0) is 13.6. The van der Waals surface area contributed by atoms with E-state index in [-0.39, 0.29) is 30.2 Å². The number of H-pyrrole nitrogens is 1. The lowest BCUT2D eigenvalue weighted by atomic mass is 10.2. The van der Waals surface area contributed by atoms with E-state index in [1.165, 1.54) is 10.9 Å². The highest BCUT2D eigenvalue weighted by molar-refractivity contribution is 5.74. The molecule has 19 heavy (non-hydrogen) atoms. The van der Waals surface area contributed by atoms with Crippen molar-refractivity contribution in [3.05, 3.63) is 16.6 Å². The summed E-state index contributed by atoms with van der Waals surface area (Å²) in [4.78, 5) is 18.0. The Morgan fingerprint density at radius 1 is 1.63 bits per heavy atom. The van der Waals surface area contributed by atoms with Gasteiger partial charge >= 0.3 is 0 Å². The van der Waals surface area contributed by atoms with Crippen LogP contribution in [0.25, 0.3) is 11.0 Å². The zero-order valence-electron chi connectivity index (χ0n) is 9.85. The first-order valence-electron chi connectivity index (χ1n) is 5.77. The van der Waals surface area contributed by atoms with Gasteiger partial charge in [0, 0.05) is 6.42 Å². The number of nitrogens with one attached hydrogen (secondary N) is 1. The van der Waals surface area contributed by atoms with Crippen LogP contribution in [0.15, 0.2) is 11.0 Å². The first-order valence-corrected chi connectivity index (χ1v) is 5.77. The van der Waals surface area contributed by atoms with Crippen LogP contribution in [0.2, 0.25) is 0 Å². The molecule has 3 atom stereocenters. The van der Waals surface area contributed by atoms with Crippen LogP contribution in [0.3, 0.4) is 0 Å². The zero-order valence-corrected chi connectivity index (χ0v) is 9.85. The van der Waals surface area contributed by atoms with E-state index in [0.717, 1.165) is 0 Å². The third-order valence-corrected chi connectivity index (χ3v) is 3.14. The van der Waals surface area contributed by atoms with Gasteiger partial charge in [-0.25, -0.2) is 4.68 Å². The average Bonchev–Trinajstić information content (AvgIpc) is 2.92. The molecule has 2 aromatic rings. The van der Waals surface area contributed by atoms with Crippen LogP contribution in [0, 0.1) is 0 Å². The summed E-state index contributed by atoms with van der Waals surface area (Å²) < 4.78 is 6.85. The van der Waals surface area contributed by atoms with E-state index in [4.69, 9.17) is 15.6 Å². The molecule has 1 saturated heterocycles. The molecule has 0 radical (unpaired) electrons. The lowest BCUT2D eigenvalue weighted by molar-refractivity contribution is -0.0470. The normalized spacial score (nSPS) is 27.2. The summed E-state index contributed by atoms with van der Waals surface area (Å²) in [5, 5.41) is 23.1. The van der Waals surface area contributed by atoms with Gasteiger partial charge in [-0.1, -0.05) is 0 Å². The summed E-state index contributed by atoms with van der Waals surface area (Å²) in [5.74, 6) is -0.0171. The van der Waals surface area contributed by atoms with Crippen molar-refractivity contribution < 1.29 is 14.9 Å². The van der Waals surface area contributed by atoms with E-state index < -0.39 is 18.4 Å². The van der Waals surface area contributed by atoms with Crippen molar-refractivity contribution in [2.45, 2.75) is 24.9 Å². The van der Waals surface area contributed by atoms with Gasteiger partial charge in [0.15, 0.2) is 11.9 Å². The lowest BCUT2D eigenvalue weighted by Crippen LogP contribution is -2.24. The van der Waals surface area contributed by atoms with Gasteiger partial charge in [0.2, 0.25) is 5.95 Å². The molecule has 2 aromatic heterocycles. The molecule has 1 aliphatic rings. The fraction of sp³-hybridized carbons (Fsp3) is 0.500. The van der Waals surface area contributed by atoms with Crippen LogP contribution < -0.4 is 11.3 Å². The Kier molecular flexibility index (Phi) is 2.73. The molecule has 0 bridgehead atoms. The van der Waals surface area contributed by atoms with E-state index in [0.29, 0.717) is 5.39 Å². The average molecular weight is 267 g/mol. The van der Waals surface area contributed by atoms with Gasteiger partial charge < -0.3 is 20.7 Å². The van der Waals surface area contributed by atoms with Gasteiger partial charge in [-0.3, -0.25) is 9.78 Å². The predicted molar refractivity (Wildman–Crippen MR) is 64.2 cm³/mol. The second kappa shape index (κ2) is 4.30. The molecule has 1 aliphatic heterocycles. The van der Waals surface area contributed by atoms with E-state index in [9.17, 15) is 9.90 Å². The Balaban J connectivity index is 2.05. The first kappa shape index (κ1) is 12.1. The number of ether oxygens (including phenoxy) is 1. The number of aliphatic hydroxyl groups excluding tert-OH is 2. The molecule has 9 heteroatoms. The molecule has 0 aromatic carbocycles. The van der Waals surface area contributed by atoms with Gasteiger partial charge in [-0.2, -0.15) is 10.1 Å². The van der Waals surface area contributed by atoms with Crippen molar-refractivity contribution in [3.8, 4) is 0 Å². The van der Waals surface area contributed by atoms with Crippen LogP contribution >= 0.6 is 0 Å². The van der Waals surface area contributed by atoms with Crippen LogP contribution in [0.4, 0.5) is 5.95 Å². The molecule has 1 unspecified atom stereocenters. The quantitative estimate of drug-likeness (QED) is 0.510. The highest BCUT2D eigenvalue weighted by Gasteiger charge is 2.35. The van der Waals surface area contributed by atoms with Crippen LogP contribution in [0.1, 0.15) is 12.6 Å². The van der Waals surface area contributed by atoms with Gasteiger partial charge in [0.05, 0.1) is 18.9 Å². The van der Waals surface area contributed by atoms with Gasteiger partial charge in [0.1, 0.15) is 11.5 Å². The van der Waals surface area contributed by atoms with Crippen LogP contribution in [-0.2, 0) is 4.74 Å². The number of aromatic nitrogens is 4. The summed E-state index contributed by atoms with van der Waals surface area (Å²) in [6.45, 7) is -0.285. The fourth-order valence-corrected chi connectivity index (χ4v) is 2.19. The number of anilines is 1. The monoisotopic (exact) mass is 267 g/mol. The SMILES string of the molecule is Nc1nc2c(cnn2[C@H]2CC(O)[C@@H](CO)O2)c(=O)[nH]1. The second-order valence-electron chi connectivity index (χ2n) is 4.39. The molecule has 3 heterocycles. The number of hydrogen-bond donors (Lipinski definition) is 4. The van der Waals surface area contributed by atoms with Crippen molar-refractivity contribution in [3.63, 3.8) is 0 Å². The second-order valence-corrected chi connectivity index (χ2v) is 4.39. The largest absolute Gasteiger partial charge is 0.394 e. The van der Waals surface area contributed by atoms with E-state index in [2.05, 4.69) is 15.1 Å². The Labute approximate surface area is 106 Å². The smallest absolute Gasteiger partial charge is 0.263 e. The highest BCUT2D eigenvalue weighted by Crippen LogP contribution is 2.29. The van der Waals surface area contributed by atoms with Gasteiger partial charge in [-0.05, 0) is 0 Å². The lowest BCUT2D eigenvalue weighted by Gasteiger charge is -2.12. The maximum absolute atomic E-state index is 11.7. The third kappa shape index (κ3) is 1.87. The minimum atomic E-state index is -0.784. The molecule has 1 fully saturated rings. The number of nitrogens with two attached hydrogens (primary N) is 1. The van der Waals surface area contributed by atoms with Crippen molar-refractivity contribution in [1.82, 2.24) is 19.7 Å². The van der Waals surface area contributed by atoms with Crippen molar-refractivity contribution in [2.24, 2.45) is 0 Å². The highest BCUT2D eigenvalue weighted by atomic mass is 16.5. The fourth-order valence-electron chi connectivity index (χ4n) is 2.19. The number of aliphatic hydroxyl groups is 2. The minimum absolute atomic E-state index is 0.0171. The molecule has 0 spiro atoms. The first-order chi connectivity index (χ1) is 9.10. The molecule has 5 N–H and O–H groups in total. The molecule has 0 aliphatic carbocycles. The number of nitrogen functional groups attached to an aromatic ring is 1. The number of aromatic amines is 1. The summed E-state index contributed by atoms with van der Waals surface area (Å²) in [6.07, 6.45) is -0.408. The maximum atomic E-state index is 11.7. The summed E-state index contributed by atoms with van der Waals surface area (Å²) in [5.41, 5.74) is 5.40. The van der Waals surface area contributed by atoms with Gasteiger partial charge in [-0.15, -0.1) is 0 Å². The molecule has 102 valence electrons. The summed E-state index contributed by atoms with van der Waals surface area (Å²) >= 11 is 0. The van der Waals surface area contributed by atoms with Crippen LogP contribution in [-0.4, -0.2) is 48.8 Å². The van der Waals surface area contributed by atoms with Crippen molar-refractivity contribution in [1.29, 1.82) is 0 Å². The molecular weight excluding hydrogens is 254 g/mol.